The number of hydrogen-bond acceptors (Lipinski definition) is 4. The lowest BCUT2D eigenvalue weighted by molar-refractivity contribution is 0.0725. The van der Waals surface area contributed by atoms with E-state index in [1.807, 2.05) is 24.0 Å². The average Bonchev–Trinajstić information content (AvgIpc) is 2.68. The molecule has 7 heteroatoms. The fourth-order valence-corrected chi connectivity index (χ4v) is 3.45. The number of piperidine rings is 1. The summed E-state index contributed by atoms with van der Waals surface area (Å²) in [7, 11) is 0. The van der Waals surface area contributed by atoms with Gasteiger partial charge in [-0.05, 0) is 56.5 Å². The third kappa shape index (κ3) is 4.07. The van der Waals surface area contributed by atoms with Crippen LogP contribution >= 0.6 is 12.4 Å². The van der Waals surface area contributed by atoms with E-state index < -0.39 is 0 Å². The van der Waals surface area contributed by atoms with Crippen LogP contribution < -0.4 is 5.32 Å². The maximum Gasteiger partial charge on any atom is 0.257 e. The van der Waals surface area contributed by atoms with Crippen LogP contribution in [0.4, 0.5) is 15.8 Å². The number of carbonyl (C=O) groups is 1. The van der Waals surface area contributed by atoms with Crippen LogP contribution in [0.5, 0.6) is 0 Å². The van der Waals surface area contributed by atoms with Gasteiger partial charge in [0.1, 0.15) is 5.82 Å². The Balaban J connectivity index is 0.00000225. The molecule has 0 bridgehead atoms. The Labute approximate surface area is 169 Å². The minimum absolute atomic E-state index is 0. The summed E-state index contributed by atoms with van der Waals surface area (Å²) in [4.78, 5) is 23.9. The fraction of sp³-hybridized carbons (Fsp3) is 0.286. The lowest BCUT2D eigenvalue weighted by Gasteiger charge is -2.27. The highest BCUT2D eigenvalue weighted by molar-refractivity contribution is 6.07. The number of aromatic nitrogens is 2. The summed E-state index contributed by atoms with van der Waals surface area (Å²) in [5.74, 6) is -0.389. The first-order valence-corrected chi connectivity index (χ1v) is 9.20. The summed E-state index contributed by atoms with van der Waals surface area (Å²) < 4.78 is 13.6. The largest absolute Gasteiger partial charge is 0.354 e. The Kier molecular flexibility index (Phi) is 6.09. The molecule has 4 rings (SSSR count). The molecule has 3 heterocycles. The smallest absolute Gasteiger partial charge is 0.257 e. The minimum Gasteiger partial charge on any atom is -0.354 e. The molecule has 0 saturated carbocycles. The third-order valence-electron chi connectivity index (χ3n) is 4.84. The summed E-state index contributed by atoms with van der Waals surface area (Å²) in [5.41, 5.74) is 3.09. The second-order valence-electron chi connectivity index (χ2n) is 6.86. The minimum atomic E-state index is -0.337. The number of fused-ring (bicyclic) bond motifs is 1. The van der Waals surface area contributed by atoms with Crippen molar-refractivity contribution in [2.24, 2.45) is 0 Å². The van der Waals surface area contributed by atoms with Crippen molar-refractivity contribution in [2.45, 2.75) is 26.2 Å². The SMILES string of the molecule is Cc1ccc2c(Nc3cccc(F)c3)c(C(=O)N3CCCCC3)cnc2n1.Cl. The summed E-state index contributed by atoms with van der Waals surface area (Å²) in [6, 6.07) is 9.99. The highest BCUT2D eigenvalue weighted by Crippen LogP contribution is 2.30. The number of amides is 1. The zero-order valence-electron chi connectivity index (χ0n) is 15.6. The van der Waals surface area contributed by atoms with Gasteiger partial charge < -0.3 is 10.2 Å². The van der Waals surface area contributed by atoms with Gasteiger partial charge in [0.05, 0.1) is 11.3 Å². The number of aryl methyl sites for hydroxylation is 1. The van der Waals surface area contributed by atoms with Crippen molar-refractivity contribution in [1.82, 2.24) is 14.9 Å². The van der Waals surface area contributed by atoms with E-state index in [1.54, 1.807) is 18.3 Å². The van der Waals surface area contributed by atoms with E-state index in [9.17, 15) is 9.18 Å². The molecular weight excluding hydrogens is 379 g/mol. The van der Waals surface area contributed by atoms with E-state index in [0.29, 0.717) is 22.6 Å². The Morgan fingerprint density at radius 2 is 1.93 bits per heavy atom. The third-order valence-corrected chi connectivity index (χ3v) is 4.84. The van der Waals surface area contributed by atoms with Crippen LogP contribution in [-0.4, -0.2) is 33.9 Å². The van der Waals surface area contributed by atoms with E-state index in [0.717, 1.165) is 43.4 Å². The monoisotopic (exact) mass is 400 g/mol. The molecule has 0 spiro atoms. The molecule has 1 aliphatic heterocycles. The van der Waals surface area contributed by atoms with Gasteiger partial charge in [-0.15, -0.1) is 12.4 Å². The predicted octanol–water partition coefficient (Wildman–Crippen LogP) is 4.87. The van der Waals surface area contributed by atoms with Gasteiger partial charge in [0.25, 0.3) is 5.91 Å². The first-order valence-electron chi connectivity index (χ1n) is 9.20. The van der Waals surface area contributed by atoms with Crippen LogP contribution in [0.15, 0.2) is 42.6 Å². The molecule has 5 nitrogen and oxygen atoms in total. The molecule has 1 fully saturated rings. The van der Waals surface area contributed by atoms with Gasteiger partial charge in [-0.2, -0.15) is 0 Å². The molecule has 1 N–H and O–H groups in total. The molecule has 1 aromatic carbocycles. The molecule has 2 aromatic heterocycles. The van der Waals surface area contributed by atoms with E-state index >= 15 is 0 Å². The maximum atomic E-state index is 13.6. The Morgan fingerprint density at radius 3 is 2.68 bits per heavy atom. The molecule has 0 aliphatic carbocycles. The van der Waals surface area contributed by atoms with E-state index in [4.69, 9.17) is 0 Å². The molecule has 1 aliphatic rings. The standard InChI is InChI=1S/C21H21FN4O.ClH/c1-14-8-9-17-19(25-16-7-5-6-15(22)12-16)18(13-23-20(17)24-14)21(27)26-10-3-2-4-11-26;/h5-9,12-13H,2-4,10-11H2,1H3,(H,23,24,25);1H. The highest BCUT2D eigenvalue weighted by Gasteiger charge is 2.23. The Bertz CT molecular complexity index is 1000. The van der Waals surface area contributed by atoms with E-state index in [-0.39, 0.29) is 24.1 Å². The molecule has 1 saturated heterocycles. The molecule has 28 heavy (non-hydrogen) atoms. The van der Waals surface area contributed by atoms with Crippen LogP contribution in [0.25, 0.3) is 11.0 Å². The van der Waals surface area contributed by atoms with Crippen molar-refractivity contribution in [3.05, 3.63) is 59.7 Å². The average molecular weight is 401 g/mol. The number of benzene rings is 1. The molecule has 0 atom stereocenters. The van der Waals surface area contributed by atoms with Gasteiger partial charge in [-0.1, -0.05) is 6.07 Å². The second kappa shape index (κ2) is 8.52. The summed E-state index contributed by atoms with van der Waals surface area (Å²) in [6.07, 6.45) is 4.75. The van der Waals surface area contributed by atoms with Crippen LogP contribution in [0.2, 0.25) is 0 Å². The van der Waals surface area contributed by atoms with Crippen molar-refractivity contribution < 1.29 is 9.18 Å². The van der Waals surface area contributed by atoms with Gasteiger partial charge in [0.15, 0.2) is 5.65 Å². The zero-order chi connectivity index (χ0) is 18.8. The lowest BCUT2D eigenvalue weighted by atomic mass is 10.1. The topological polar surface area (TPSA) is 58.1 Å². The predicted molar refractivity (Wildman–Crippen MR) is 111 cm³/mol. The van der Waals surface area contributed by atoms with Gasteiger partial charge in [0.2, 0.25) is 0 Å². The molecule has 146 valence electrons. The van der Waals surface area contributed by atoms with E-state index in [2.05, 4.69) is 15.3 Å². The molecule has 1 amide bonds. The van der Waals surface area contributed by atoms with Gasteiger partial charge in [-0.3, -0.25) is 4.79 Å². The molecule has 0 unspecified atom stereocenters. The fourth-order valence-electron chi connectivity index (χ4n) is 3.45. The summed E-state index contributed by atoms with van der Waals surface area (Å²) in [6.45, 7) is 3.40. The Morgan fingerprint density at radius 1 is 1.14 bits per heavy atom. The number of nitrogens with zero attached hydrogens (tertiary/aromatic N) is 3. The number of likely N-dealkylation sites (tertiary alicyclic amines) is 1. The molecular formula is C21H22ClFN4O. The number of halogens is 2. The Hall–Kier alpha value is -2.73. The highest BCUT2D eigenvalue weighted by atomic mass is 35.5. The number of anilines is 2. The first kappa shape index (κ1) is 20.0. The van der Waals surface area contributed by atoms with Crippen molar-refractivity contribution in [3.8, 4) is 0 Å². The summed E-state index contributed by atoms with van der Waals surface area (Å²) in [5, 5.41) is 3.97. The van der Waals surface area contributed by atoms with Crippen molar-refractivity contribution >= 4 is 40.7 Å². The number of carbonyl (C=O) groups excluding carboxylic acids is 1. The maximum absolute atomic E-state index is 13.6. The zero-order valence-corrected chi connectivity index (χ0v) is 16.4. The second-order valence-corrected chi connectivity index (χ2v) is 6.86. The van der Waals surface area contributed by atoms with Crippen molar-refractivity contribution in [2.75, 3.05) is 18.4 Å². The molecule has 0 radical (unpaired) electrons. The van der Waals surface area contributed by atoms with Crippen molar-refractivity contribution in [3.63, 3.8) is 0 Å². The van der Waals surface area contributed by atoms with Crippen LogP contribution in [-0.2, 0) is 0 Å². The van der Waals surface area contributed by atoms with Crippen LogP contribution in [0.1, 0.15) is 35.3 Å². The van der Waals surface area contributed by atoms with Crippen molar-refractivity contribution in [1.29, 1.82) is 0 Å². The normalized spacial score (nSPS) is 13.9. The number of nitrogens with one attached hydrogen (secondary N) is 1. The number of pyridine rings is 2. The van der Waals surface area contributed by atoms with Crippen LogP contribution in [0.3, 0.4) is 0 Å². The summed E-state index contributed by atoms with van der Waals surface area (Å²) >= 11 is 0. The number of rotatable bonds is 3. The lowest BCUT2D eigenvalue weighted by Crippen LogP contribution is -2.36. The van der Waals surface area contributed by atoms with E-state index in [1.165, 1.54) is 12.1 Å². The van der Waals surface area contributed by atoms with Crippen LogP contribution in [0, 0.1) is 12.7 Å². The quantitative estimate of drug-likeness (QED) is 0.681. The van der Waals surface area contributed by atoms with Gasteiger partial charge >= 0.3 is 0 Å². The van der Waals surface area contributed by atoms with Gasteiger partial charge in [0, 0.05) is 36.1 Å². The molecule has 3 aromatic rings. The first-order chi connectivity index (χ1) is 13.1. The number of hydrogen-bond donors (Lipinski definition) is 1. The van der Waals surface area contributed by atoms with Gasteiger partial charge in [-0.25, -0.2) is 14.4 Å².